The Bertz CT molecular complexity index is 155. The van der Waals surface area contributed by atoms with Gasteiger partial charge in [-0.15, -0.1) is 0 Å². The molecule has 0 aromatic carbocycles. The van der Waals surface area contributed by atoms with E-state index in [4.69, 9.17) is 9.47 Å². The molecule has 2 heterocycles. The van der Waals surface area contributed by atoms with E-state index in [2.05, 4.69) is 5.32 Å². The summed E-state index contributed by atoms with van der Waals surface area (Å²) >= 11 is 0. The van der Waals surface area contributed by atoms with Crippen molar-refractivity contribution >= 4 is 0 Å². The van der Waals surface area contributed by atoms with Crippen molar-refractivity contribution in [1.29, 1.82) is 0 Å². The summed E-state index contributed by atoms with van der Waals surface area (Å²) in [6, 6.07) is 0. The second kappa shape index (κ2) is 7.25. The van der Waals surface area contributed by atoms with Gasteiger partial charge in [0.1, 0.15) is 0 Å². The molecular formula is C13H25NO2. The number of hydrogen-bond donors (Lipinski definition) is 1. The average Bonchev–Trinajstić information content (AvgIpc) is 2.96. The van der Waals surface area contributed by atoms with Crippen molar-refractivity contribution < 1.29 is 9.47 Å². The van der Waals surface area contributed by atoms with Crippen molar-refractivity contribution in [3.05, 3.63) is 0 Å². The van der Waals surface area contributed by atoms with Crippen molar-refractivity contribution in [1.82, 2.24) is 5.32 Å². The van der Waals surface area contributed by atoms with Crippen molar-refractivity contribution in [3.8, 4) is 0 Å². The summed E-state index contributed by atoms with van der Waals surface area (Å²) < 4.78 is 11.2. The predicted molar refractivity (Wildman–Crippen MR) is 64.6 cm³/mol. The minimum absolute atomic E-state index is 0.530. The first-order chi connectivity index (χ1) is 7.95. The molecule has 3 heteroatoms. The lowest BCUT2D eigenvalue weighted by atomic mass is 10.1. The van der Waals surface area contributed by atoms with Gasteiger partial charge >= 0.3 is 0 Å². The van der Waals surface area contributed by atoms with Crippen LogP contribution in [-0.2, 0) is 9.47 Å². The molecule has 94 valence electrons. The molecule has 0 aliphatic carbocycles. The van der Waals surface area contributed by atoms with E-state index >= 15 is 0 Å². The van der Waals surface area contributed by atoms with E-state index < -0.39 is 0 Å². The maximum Gasteiger partial charge on any atom is 0.0576 e. The van der Waals surface area contributed by atoms with Gasteiger partial charge in [0.2, 0.25) is 0 Å². The minimum Gasteiger partial charge on any atom is -0.381 e. The van der Waals surface area contributed by atoms with E-state index in [0.29, 0.717) is 6.10 Å². The zero-order valence-corrected chi connectivity index (χ0v) is 10.2. The van der Waals surface area contributed by atoms with Gasteiger partial charge in [-0.1, -0.05) is 0 Å². The van der Waals surface area contributed by atoms with Gasteiger partial charge in [0, 0.05) is 19.8 Å². The molecule has 2 aliphatic rings. The summed E-state index contributed by atoms with van der Waals surface area (Å²) in [5.41, 5.74) is 0. The van der Waals surface area contributed by atoms with Gasteiger partial charge in [0.05, 0.1) is 6.10 Å². The second-order valence-electron chi connectivity index (χ2n) is 5.04. The summed E-state index contributed by atoms with van der Waals surface area (Å²) in [5.74, 6) is 0.859. The summed E-state index contributed by atoms with van der Waals surface area (Å²) in [6.45, 7) is 5.22. The van der Waals surface area contributed by atoms with Crippen LogP contribution >= 0.6 is 0 Å². The van der Waals surface area contributed by atoms with Crippen LogP contribution in [0.2, 0.25) is 0 Å². The Kier molecular flexibility index (Phi) is 5.59. The molecule has 0 bridgehead atoms. The van der Waals surface area contributed by atoms with Crippen molar-refractivity contribution in [3.63, 3.8) is 0 Å². The van der Waals surface area contributed by atoms with E-state index in [1.54, 1.807) is 0 Å². The SMILES string of the molecule is C(COCCC1CCNC1)CC1CCCO1. The largest absolute Gasteiger partial charge is 0.381 e. The Morgan fingerprint density at radius 3 is 2.94 bits per heavy atom. The summed E-state index contributed by atoms with van der Waals surface area (Å²) in [7, 11) is 0. The van der Waals surface area contributed by atoms with Gasteiger partial charge in [-0.2, -0.15) is 0 Å². The molecule has 2 saturated heterocycles. The van der Waals surface area contributed by atoms with Gasteiger partial charge in [-0.05, 0) is 57.5 Å². The normalized spacial score (nSPS) is 30.0. The average molecular weight is 227 g/mol. The van der Waals surface area contributed by atoms with E-state index in [1.165, 1.54) is 45.2 Å². The molecule has 2 fully saturated rings. The third-order valence-corrected chi connectivity index (χ3v) is 3.67. The lowest BCUT2D eigenvalue weighted by Crippen LogP contribution is -2.11. The second-order valence-corrected chi connectivity index (χ2v) is 5.04. The fourth-order valence-corrected chi connectivity index (χ4v) is 2.60. The Labute approximate surface area is 98.9 Å². The topological polar surface area (TPSA) is 30.5 Å². The molecule has 0 aromatic rings. The maximum absolute atomic E-state index is 5.67. The molecule has 0 aromatic heterocycles. The summed E-state index contributed by atoms with van der Waals surface area (Å²) in [6.07, 6.45) is 7.95. The van der Waals surface area contributed by atoms with Gasteiger partial charge < -0.3 is 14.8 Å². The third-order valence-electron chi connectivity index (χ3n) is 3.67. The van der Waals surface area contributed by atoms with Crippen molar-refractivity contribution in [2.45, 2.75) is 44.6 Å². The standard InChI is InChI=1S/C13H25NO2/c1(3-13-4-2-9-16-13)8-15-10-6-12-5-7-14-11-12/h12-14H,1-11H2. The number of ether oxygens (including phenoxy) is 2. The lowest BCUT2D eigenvalue weighted by molar-refractivity contribution is 0.0787. The smallest absolute Gasteiger partial charge is 0.0576 e. The Morgan fingerprint density at radius 1 is 1.19 bits per heavy atom. The van der Waals surface area contributed by atoms with E-state index in [9.17, 15) is 0 Å². The molecule has 3 nitrogen and oxygen atoms in total. The molecule has 0 radical (unpaired) electrons. The molecule has 0 amide bonds. The molecule has 2 rings (SSSR count). The monoisotopic (exact) mass is 227 g/mol. The molecule has 2 unspecified atom stereocenters. The Morgan fingerprint density at radius 2 is 2.19 bits per heavy atom. The first kappa shape index (κ1) is 12.3. The molecule has 2 atom stereocenters. The highest BCUT2D eigenvalue weighted by Crippen LogP contribution is 2.17. The fraction of sp³-hybridized carbons (Fsp3) is 1.00. The van der Waals surface area contributed by atoms with Crippen LogP contribution in [0.25, 0.3) is 0 Å². The van der Waals surface area contributed by atoms with Crippen LogP contribution in [0.3, 0.4) is 0 Å². The van der Waals surface area contributed by atoms with Crippen LogP contribution in [0.4, 0.5) is 0 Å². The van der Waals surface area contributed by atoms with Gasteiger partial charge in [-0.25, -0.2) is 0 Å². The van der Waals surface area contributed by atoms with Crippen LogP contribution < -0.4 is 5.32 Å². The Balaban J connectivity index is 1.37. The van der Waals surface area contributed by atoms with Crippen LogP contribution in [0.15, 0.2) is 0 Å². The molecule has 1 N–H and O–H groups in total. The van der Waals surface area contributed by atoms with E-state index in [-0.39, 0.29) is 0 Å². The molecule has 0 spiro atoms. The molecular weight excluding hydrogens is 202 g/mol. The van der Waals surface area contributed by atoms with E-state index in [0.717, 1.165) is 32.2 Å². The van der Waals surface area contributed by atoms with Crippen LogP contribution in [-0.4, -0.2) is 39.0 Å². The highest BCUT2D eigenvalue weighted by molar-refractivity contribution is 4.70. The molecule has 16 heavy (non-hydrogen) atoms. The number of hydrogen-bond acceptors (Lipinski definition) is 3. The van der Waals surface area contributed by atoms with Crippen LogP contribution in [0.5, 0.6) is 0 Å². The first-order valence-electron chi connectivity index (χ1n) is 6.85. The quantitative estimate of drug-likeness (QED) is 0.674. The minimum atomic E-state index is 0.530. The van der Waals surface area contributed by atoms with Gasteiger partial charge in [0.15, 0.2) is 0 Å². The third kappa shape index (κ3) is 4.40. The Hall–Kier alpha value is -0.120. The van der Waals surface area contributed by atoms with Crippen molar-refractivity contribution in [2.24, 2.45) is 5.92 Å². The summed E-state index contributed by atoms with van der Waals surface area (Å²) in [5, 5.41) is 3.39. The maximum atomic E-state index is 5.67. The zero-order valence-electron chi connectivity index (χ0n) is 10.2. The van der Waals surface area contributed by atoms with Crippen LogP contribution in [0, 0.1) is 5.92 Å². The lowest BCUT2D eigenvalue weighted by Gasteiger charge is -2.10. The molecule has 2 aliphatic heterocycles. The highest BCUT2D eigenvalue weighted by atomic mass is 16.5. The van der Waals surface area contributed by atoms with Gasteiger partial charge in [0.25, 0.3) is 0 Å². The summed E-state index contributed by atoms with van der Waals surface area (Å²) in [4.78, 5) is 0. The predicted octanol–water partition coefficient (Wildman–Crippen LogP) is 1.96. The van der Waals surface area contributed by atoms with E-state index in [1.807, 2.05) is 0 Å². The van der Waals surface area contributed by atoms with Crippen LogP contribution in [0.1, 0.15) is 38.5 Å². The first-order valence-corrected chi connectivity index (χ1v) is 6.85. The van der Waals surface area contributed by atoms with Gasteiger partial charge in [-0.3, -0.25) is 0 Å². The number of nitrogens with one attached hydrogen (secondary N) is 1. The van der Waals surface area contributed by atoms with Crippen molar-refractivity contribution in [2.75, 3.05) is 32.9 Å². The highest BCUT2D eigenvalue weighted by Gasteiger charge is 2.15. The fourth-order valence-electron chi connectivity index (χ4n) is 2.60. The molecule has 0 saturated carbocycles. The zero-order chi connectivity index (χ0) is 11.1. The number of rotatable bonds is 7.